The second kappa shape index (κ2) is 18.0. The normalized spacial score (nSPS) is 11.5. The molecule has 14 rings (SSSR count). The standard InChI is InChI=1S/C69H45N5/c1-4-18-46(19-5-1)48-36-40-52(41-37-48)68-70-67(51-22-8-3-9-23-51)71-69(72-68)74-64-33-15-12-30-59(64)61-43-42-60-58-29-11-14-32-63(58)73(65(60)66(61)74)62-31-13-10-28-57(62)50-38-34-49(35-39-50)54-25-17-27-56(45-54)55-26-16-24-53(44-55)47-20-6-2-7-21-47/h1-45H. The van der Waals surface area contributed by atoms with Gasteiger partial charge in [-0.15, -0.1) is 0 Å². The summed E-state index contributed by atoms with van der Waals surface area (Å²) in [7, 11) is 0. The molecule has 11 aromatic carbocycles. The van der Waals surface area contributed by atoms with Gasteiger partial charge in [-0.2, -0.15) is 9.97 Å². The van der Waals surface area contributed by atoms with Gasteiger partial charge in [0.15, 0.2) is 11.6 Å². The van der Waals surface area contributed by atoms with Crippen LogP contribution in [0.2, 0.25) is 0 Å². The van der Waals surface area contributed by atoms with Crippen molar-refractivity contribution in [2.24, 2.45) is 0 Å². The van der Waals surface area contributed by atoms with E-state index in [0.717, 1.165) is 82.9 Å². The fourth-order valence-corrected chi connectivity index (χ4v) is 10.9. The molecular formula is C69H45N5. The van der Waals surface area contributed by atoms with E-state index in [1.807, 2.05) is 24.3 Å². The van der Waals surface area contributed by atoms with Crippen LogP contribution in [0, 0.1) is 0 Å². The van der Waals surface area contributed by atoms with E-state index >= 15 is 0 Å². The van der Waals surface area contributed by atoms with Crippen molar-refractivity contribution in [3.05, 3.63) is 273 Å². The number of benzene rings is 11. The number of hydrogen-bond acceptors (Lipinski definition) is 3. The summed E-state index contributed by atoms with van der Waals surface area (Å²) in [4.78, 5) is 15.9. The third kappa shape index (κ3) is 7.46. The van der Waals surface area contributed by atoms with Gasteiger partial charge in [0.2, 0.25) is 5.95 Å². The topological polar surface area (TPSA) is 48.5 Å². The van der Waals surface area contributed by atoms with Gasteiger partial charge in [0, 0.05) is 38.2 Å². The van der Waals surface area contributed by atoms with Crippen molar-refractivity contribution in [2.75, 3.05) is 0 Å². The Bertz CT molecular complexity index is 4380. The maximum atomic E-state index is 5.41. The Labute approximate surface area is 428 Å². The third-order valence-corrected chi connectivity index (χ3v) is 14.4. The van der Waals surface area contributed by atoms with E-state index in [4.69, 9.17) is 15.0 Å². The Kier molecular flexibility index (Phi) is 10.4. The second-order valence-electron chi connectivity index (χ2n) is 18.8. The van der Waals surface area contributed by atoms with E-state index in [1.165, 1.54) is 33.2 Å². The van der Waals surface area contributed by atoms with Gasteiger partial charge >= 0.3 is 0 Å². The summed E-state index contributed by atoms with van der Waals surface area (Å²) in [5.41, 5.74) is 18.8. The van der Waals surface area contributed by atoms with Gasteiger partial charge in [-0.25, -0.2) is 4.98 Å². The summed E-state index contributed by atoms with van der Waals surface area (Å²) >= 11 is 0. The predicted molar refractivity (Wildman–Crippen MR) is 307 cm³/mol. The molecule has 14 aromatic rings. The fourth-order valence-electron chi connectivity index (χ4n) is 10.9. The molecule has 0 bridgehead atoms. The van der Waals surface area contributed by atoms with Gasteiger partial charge < -0.3 is 4.57 Å². The first-order valence-corrected chi connectivity index (χ1v) is 25.1. The Morgan fingerprint density at radius 2 is 0.595 bits per heavy atom. The number of rotatable bonds is 9. The van der Waals surface area contributed by atoms with E-state index in [2.05, 4.69) is 258 Å². The van der Waals surface area contributed by atoms with Crippen LogP contribution in [0.3, 0.4) is 0 Å². The number of nitrogens with zero attached hydrogens (tertiary/aromatic N) is 5. The number of aromatic nitrogens is 5. The van der Waals surface area contributed by atoms with Gasteiger partial charge in [0.25, 0.3) is 0 Å². The van der Waals surface area contributed by atoms with Crippen LogP contribution in [-0.2, 0) is 0 Å². The zero-order chi connectivity index (χ0) is 49.0. The lowest BCUT2D eigenvalue weighted by molar-refractivity contribution is 0.953. The molecule has 5 heteroatoms. The first-order valence-electron chi connectivity index (χ1n) is 25.1. The molecule has 346 valence electrons. The Balaban J connectivity index is 0.936. The summed E-state index contributed by atoms with van der Waals surface area (Å²) in [6, 6.07) is 97.2. The minimum absolute atomic E-state index is 0.549. The van der Waals surface area contributed by atoms with Crippen LogP contribution in [0.1, 0.15) is 0 Å². The molecule has 3 aromatic heterocycles. The molecule has 0 aliphatic rings. The van der Waals surface area contributed by atoms with Gasteiger partial charge in [0.05, 0.1) is 27.8 Å². The summed E-state index contributed by atoms with van der Waals surface area (Å²) in [6.45, 7) is 0. The highest BCUT2D eigenvalue weighted by molar-refractivity contribution is 6.24. The second-order valence-corrected chi connectivity index (χ2v) is 18.8. The van der Waals surface area contributed by atoms with Gasteiger partial charge in [0.1, 0.15) is 0 Å². The molecule has 0 radical (unpaired) electrons. The lowest BCUT2D eigenvalue weighted by atomic mass is 9.95. The third-order valence-electron chi connectivity index (χ3n) is 14.4. The van der Waals surface area contributed by atoms with Crippen LogP contribution in [-0.4, -0.2) is 24.1 Å². The first kappa shape index (κ1) is 42.9. The van der Waals surface area contributed by atoms with Crippen molar-refractivity contribution >= 4 is 43.6 Å². The molecule has 0 amide bonds. The molecule has 0 aliphatic carbocycles. The number of para-hydroxylation sites is 3. The van der Waals surface area contributed by atoms with E-state index in [1.54, 1.807) is 0 Å². The summed E-state index contributed by atoms with van der Waals surface area (Å²) in [5.74, 6) is 1.76. The summed E-state index contributed by atoms with van der Waals surface area (Å²) in [5, 5.41) is 4.54. The van der Waals surface area contributed by atoms with Crippen molar-refractivity contribution in [1.82, 2.24) is 24.1 Å². The van der Waals surface area contributed by atoms with Crippen LogP contribution in [0.5, 0.6) is 0 Å². The molecule has 74 heavy (non-hydrogen) atoms. The highest BCUT2D eigenvalue weighted by Crippen LogP contribution is 2.43. The molecule has 0 aliphatic heterocycles. The molecule has 3 heterocycles. The number of fused-ring (bicyclic) bond motifs is 7. The van der Waals surface area contributed by atoms with Crippen LogP contribution < -0.4 is 0 Å². The zero-order valence-corrected chi connectivity index (χ0v) is 40.2. The molecule has 0 unspecified atom stereocenters. The maximum Gasteiger partial charge on any atom is 0.238 e. The minimum atomic E-state index is 0.549. The average Bonchev–Trinajstić information content (AvgIpc) is 4.01. The first-order chi connectivity index (χ1) is 36.7. The van der Waals surface area contributed by atoms with Crippen molar-refractivity contribution in [1.29, 1.82) is 0 Å². The summed E-state index contributed by atoms with van der Waals surface area (Å²) in [6.07, 6.45) is 0. The highest BCUT2D eigenvalue weighted by atomic mass is 15.2. The molecule has 0 fully saturated rings. The van der Waals surface area contributed by atoms with Crippen molar-refractivity contribution in [3.8, 4) is 90.0 Å². The van der Waals surface area contributed by atoms with Crippen LogP contribution in [0.25, 0.3) is 134 Å². The zero-order valence-electron chi connectivity index (χ0n) is 40.2. The molecule has 0 N–H and O–H groups in total. The smallest absolute Gasteiger partial charge is 0.238 e. The van der Waals surface area contributed by atoms with E-state index in [-0.39, 0.29) is 0 Å². The van der Waals surface area contributed by atoms with Crippen molar-refractivity contribution in [2.45, 2.75) is 0 Å². The predicted octanol–water partition coefficient (Wildman–Crippen LogP) is 17.7. The fraction of sp³-hybridized carbons (Fsp3) is 0. The molecule has 5 nitrogen and oxygen atoms in total. The maximum absolute atomic E-state index is 5.41. The lowest BCUT2D eigenvalue weighted by Gasteiger charge is -2.16. The Hall–Kier alpha value is -9.97. The number of hydrogen-bond donors (Lipinski definition) is 0. The molecule has 0 spiro atoms. The molecule has 0 atom stereocenters. The van der Waals surface area contributed by atoms with Gasteiger partial charge in [-0.3, -0.25) is 4.57 Å². The average molecular weight is 944 g/mol. The SMILES string of the molecule is c1ccc(-c2ccc(-c3nc(-c4ccccc4)nc(-n4c5ccccc5c5ccc6c7ccccc7n(-c7ccccc7-c7ccc(-c8cccc(-c9cccc(-c%10ccccc%10)c9)c8)cc7)c6c54)n3)cc2)cc1. The molecule has 0 saturated carbocycles. The van der Waals surface area contributed by atoms with Crippen LogP contribution in [0.4, 0.5) is 0 Å². The monoisotopic (exact) mass is 943 g/mol. The van der Waals surface area contributed by atoms with E-state index < -0.39 is 0 Å². The van der Waals surface area contributed by atoms with Crippen molar-refractivity contribution < 1.29 is 0 Å². The minimum Gasteiger partial charge on any atom is -0.307 e. The lowest BCUT2D eigenvalue weighted by Crippen LogP contribution is -2.07. The quantitative estimate of drug-likeness (QED) is 0.145. The van der Waals surface area contributed by atoms with Crippen LogP contribution >= 0.6 is 0 Å². The largest absolute Gasteiger partial charge is 0.307 e. The Morgan fingerprint density at radius 1 is 0.230 bits per heavy atom. The van der Waals surface area contributed by atoms with Gasteiger partial charge in [-0.1, -0.05) is 243 Å². The highest BCUT2D eigenvalue weighted by Gasteiger charge is 2.24. The van der Waals surface area contributed by atoms with E-state index in [0.29, 0.717) is 17.6 Å². The Morgan fingerprint density at radius 3 is 1.16 bits per heavy atom. The van der Waals surface area contributed by atoms with Gasteiger partial charge in [-0.05, 0) is 80.4 Å². The van der Waals surface area contributed by atoms with E-state index in [9.17, 15) is 0 Å². The molecular weight excluding hydrogens is 899 g/mol. The van der Waals surface area contributed by atoms with Crippen molar-refractivity contribution in [3.63, 3.8) is 0 Å². The van der Waals surface area contributed by atoms with Crippen LogP contribution in [0.15, 0.2) is 273 Å². The summed E-state index contributed by atoms with van der Waals surface area (Å²) < 4.78 is 4.73. The molecule has 0 saturated heterocycles.